The molecule has 66 valence electrons. The van der Waals surface area contributed by atoms with Crippen molar-refractivity contribution in [3.63, 3.8) is 0 Å². The van der Waals surface area contributed by atoms with E-state index in [1.165, 1.54) is 25.7 Å². The van der Waals surface area contributed by atoms with E-state index in [0.717, 1.165) is 6.42 Å². The van der Waals surface area contributed by atoms with Crippen molar-refractivity contribution in [1.82, 2.24) is 0 Å². The van der Waals surface area contributed by atoms with Crippen LogP contribution in [0, 0.1) is 11.8 Å². The zero-order chi connectivity index (χ0) is 8.27. The van der Waals surface area contributed by atoms with E-state index >= 15 is 0 Å². The Morgan fingerprint density at radius 1 is 1.36 bits per heavy atom. The van der Waals surface area contributed by atoms with Crippen LogP contribution in [0.2, 0.25) is 0 Å². The van der Waals surface area contributed by atoms with Crippen molar-refractivity contribution >= 4 is 0 Å². The van der Waals surface area contributed by atoms with Crippen LogP contribution in [0.1, 0.15) is 46.0 Å². The smallest absolute Gasteiger partial charge is 0.0570 e. The third kappa shape index (κ3) is 2.19. The van der Waals surface area contributed by atoms with E-state index in [0.29, 0.717) is 11.8 Å². The number of hydrogen-bond donors (Lipinski definition) is 1. The van der Waals surface area contributed by atoms with Gasteiger partial charge in [0.2, 0.25) is 0 Å². The summed E-state index contributed by atoms with van der Waals surface area (Å²) in [6.45, 7) is 4.48. The third-order valence-corrected chi connectivity index (χ3v) is 3.16. The first-order valence-electron chi connectivity index (χ1n) is 4.93. The predicted molar refractivity (Wildman–Crippen MR) is 47.4 cm³/mol. The molecule has 0 aromatic heterocycles. The van der Waals surface area contributed by atoms with Crippen molar-refractivity contribution in [2.75, 3.05) is 0 Å². The lowest BCUT2D eigenvalue weighted by atomic mass is 9.78. The van der Waals surface area contributed by atoms with Gasteiger partial charge in [0.15, 0.2) is 0 Å². The summed E-state index contributed by atoms with van der Waals surface area (Å²) in [7, 11) is 0. The zero-order valence-electron chi connectivity index (χ0n) is 7.71. The molecule has 1 aliphatic rings. The van der Waals surface area contributed by atoms with Gasteiger partial charge < -0.3 is 5.11 Å². The first-order chi connectivity index (χ1) is 5.25. The highest BCUT2D eigenvalue weighted by Gasteiger charge is 2.26. The maximum Gasteiger partial charge on any atom is 0.0570 e. The average molecular weight is 156 g/mol. The highest BCUT2D eigenvalue weighted by molar-refractivity contribution is 4.77. The van der Waals surface area contributed by atoms with Gasteiger partial charge in [-0.25, -0.2) is 0 Å². The predicted octanol–water partition coefficient (Wildman–Crippen LogP) is 2.58. The van der Waals surface area contributed by atoms with E-state index in [-0.39, 0.29) is 6.10 Å². The third-order valence-electron chi connectivity index (χ3n) is 3.16. The Labute approximate surface area is 69.8 Å². The molecule has 0 saturated heterocycles. The summed E-state index contributed by atoms with van der Waals surface area (Å²) < 4.78 is 0. The second-order valence-corrected chi connectivity index (χ2v) is 3.90. The topological polar surface area (TPSA) is 20.2 Å². The van der Waals surface area contributed by atoms with Gasteiger partial charge in [-0.3, -0.25) is 0 Å². The van der Waals surface area contributed by atoms with E-state index < -0.39 is 0 Å². The fourth-order valence-electron chi connectivity index (χ4n) is 2.11. The number of aliphatic hydroxyl groups is 1. The number of hydrogen-bond acceptors (Lipinski definition) is 1. The van der Waals surface area contributed by atoms with Crippen LogP contribution in [0.15, 0.2) is 0 Å². The molecular formula is C10H20O. The molecule has 1 fully saturated rings. The van der Waals surface area contributed by atoms with Gasteiger partial charge in [0.1, 0.15) is 0 Å². The van der Waals surface area contributed by atoms with E-state index in [4.69, 9.17) is 0 Å². The molecule has 0 radical (unpaired) electrons. The lowest BCUT2D eigenvalue weighted by molar-refractivity contribution is 0.0402. The van der Waals surface area contributed by atoms with Gasteiger partial charge in [-0.05, 0) is 24.7 Å². The van der Waals surface area contributed by atoms with Crippen LogP contribution < -0.4 is 0 Å². The molecule has 1 nitrogen and oxygen atoms in total. The van der Waals surface area contributed by atoms with Gasteiger partial charge in [0, 0.05) is 0 Å². The maximum atomic E-state index is 9.67. The Bertz CT molecular complexity index is 107. The molecule has 3 atom stereocenters. The quantitative estimate of drug-likeness (QED) is 0.651. The van der Waals surface area contributed by atoms with Crippen LogP contribution >= 0.6 is 0 Å². The second kappa shape index (κ2) is 4.10. The molecule has 0 heterocycles. The van der Waals surface area contributed by atoms with Crippen LogP contribution in [0.4, 0.5) is 0 Å². The molecule has 0 amide bonds. The molecule has 0 bridgehead atoms. The van der Waals surface area contributed by atoms with Crippen LogP contribution in [-0.4, -0.2) is 11.2 Å². The van der Waals surface area contributed by atoms with Gasteiger partial charge >= 0.3 is 0 Å². The van der Waals surface area contributed by atoms with Gasteiger partial charge in [0.25, 0.3) is 0 Å². The van der Waals surface area contributed by atoms with Crippen molar-refractivity contribution < 1.29 is 5.11 Å². The van der Waals surface area contributed by atoms with Crippen LogP contribution in [0.5, 0.6) is 0 Å². The molecular weight excluding hydrogens is 136 g/mol. The monoisotopic (exact) mass is 156 g/mol. The number of aliphatic hydroxyl groups excluding tert-OH is 1. The summed E-state index contributed by atoms with van der Waals surface area (Å²) in [6, 6.07) is 0. The van der Waals surface area contributed by atoms with Gasteiger partial charge in [-0.15, -0.1) is 0 Å². The molecule has 1 heteroatoms. The van der Waals surface area contributed by atoms with Gasteiger partial charge in [-0.1, -0.05) is 33.1 Å². The van der Waals surface area contributed by atoms with Crippen LogP contribution in [0.3, 0.4) is 0 Å². The van der Waals surface area contributed by atoms with Crippen molar-refractivity contribution in [3.8, 4) is 0 Å². The lowest BCUT2D eigenvalue weighted by Gasteiger charge is -2.31. The largest absolute Gasteiger partial charge is 0.393 e. The lowest BCUT2D eigenvalue weighted by Crippen LogP contribution is -2.29. The molecule has 0 aliphatic heterocycles. The molecule has 0 spiro atoms. The van der Waals surface area contributed by atoms with E-state index in [1.807, 2.05) is 0 Å². The average Bonchev–Trinajstić information content (AvgIpc) is 2.04. The molecule has 1 rings (SSSR count). The summed E-state index contributed by atoms with van der Waals surface area (Å²) in [5.41, 5.74) is 0. The Morgan fingerprint density at radius 2 is 2.00 bits per heavy atom. The standard InChI is InChI=1S/C10H20O/c1-3-8(2)9-6-4-5-7-10(9)11/h8-11H,3-7H2,1-2H3/t8?,9-,10+/m1/s1. The molecule has 1 aliphatic carbocycles. The first kappa shape index (κ1) is 9.05. The molecule has 11 heavy (non-hydrogen) atoms. The van der Waals surface area contributed by atoms with Crippen LogP contribution in [0.25, 0.3) is 0 Å². The molecule has 1 N–H and O–H groups in total. The second-order valence-electron chi connectivity index (χ2n) is 3.90. The van der Waals surface area contributed by atoms with Crippen molar-refractivity contribution in [1.29, 1.82) is 0 Å². The Balaban J connectivity index is 2.40. The van der Waals surface area contributed by atoms with E-state index in [2.05, 4.69) is 13.8 Å². The Morgan fingerprint density at radius 3 is 2.55 bits per heavy atom. The summed E-state index contributed by atoms with van der Waals surface area (Å²) in [5, 5.41) is 9.67. The Kier molecular flexibility index (Phi) is 3.38. The first-order valence-corrected chi connectivity index (χ1v) is 4.93. The van der Waals surface area contributed by atoms with Gasteiger partial charge in [0.05, 0.1) is 6.10 Å². The fourth-order valence-corrected chi connectivity index (χ4v) is 2.11. The van der Waals surface area contributed by atoms with Crippen molar-refractivity contribution in [2.45, 2.75) is 52.1 Å². The van der Waals surface area contributed by atoms with E-state index in [1.54, 1.807) is 0 Å². The summed E-state index contributed by atoms with van der Waals surface area (Å²) in [5.74, 6) is 1.30. The maximum absolute atomic E-state index is 9.67. The minimum Gasteiger partial charge on any atom is -0.393 e. The number of rotatable bonds is 2. The van der Waals surface area contributed by atoms with Crippen LogP contribution in [-0.2, 0) is 0 Å². The SMILES string of the molecule is CCC(C)[C@H]1CCCC[C@@H]1O. The molecule has 0 aromatic rings. The minimum atomic E-state index is -0.00120. The minimum absolute atomic E-state index is 0.00120. The molecule has 1 saturated carbocycles. The summed E-state index contributed by atoms with van der Waals surface area (Å²) in [4.78, 5) is 0. The molecule has 0 aromatic carbocycles. The van der Waals surface area contributed by atoms with Crippen molar-refractivity contribution in [3.05, 3.63) is 0 Å². The highest BCUT2D eigenvalue weighted by atomic mass is 16.3. The van der Waals surface area contributed by atoms with E-state index in [9.17, 15) is 5.11 Å². The van der Waals surface area contributed by atoms with Crippen molar-refractivity contribution in [2.24, 2.45) is 11.8 Å². The molecule has 1 unspecified atom stereocenters. The normalized spacial score (nSPS) is 35.2. The summed E-state index contributed by atoms with van der Waals surface area (Å²) in [6.07, 6.45) is 6.05. The Hall–Kier alpha value is -0.0400. The highest BCUT2D eigenvalue weighted by Crippen LogP contribution is 2.31. The fraction of sp³-hybridized carbons (Fsp3) is 1.00. The summed E-state index contributed by atoms with van der Waals surface area (Å²) >= 11 is 0. The zero-order valence-corrected chi connectivity index (χ0v) is 7.71. The van der Waals surface area contributed by atoms with Gasteiger partial charge in [-0.2, -0.15) is 0 Å².